The van der Waals surface area contributed by atoms with E-state index in [-0.39, 0.29) is 10.8 Å². The normalized spacial score (nSPS) is 13.6. The van der Waals surface area contributed by atoms with Crippen LogP contribution in [0, 0.1) is 0 Å². The van der Waals surface area contributed by atoms with Crippen molar-refractivity contribution in [3.63, 3.8) is 0 Å². The zero-order valence-electron chi connectivity index (χ0n) is 20.3. The van der Waals surface area contributed by atoms with Crippen molar-refractivity contribution in [3.05, 3.63) is 125 Å². The smallest absolute Gasteiger partial charge is 0.317 e. The topological polar surface area (TPSA) is 24.6 Å². The predicted octanol–water partition coefficient (Wildman–Crippen LogP) is 8.12. The van der Waals surface area contributed by atoms with Crippen LogP contribution in [0.2, 0.25) is 0 Å². The molecule has 1 heterocycles. The fourth-order valence-electron chi connectivity index (χ4n) is 4.71. The van der Waals surface area contributed by atoms with Gasteiger partial charge in [0.1, 0.15) is 0 Å². The Bertz CT molecular complexity index is 1320. The monoisotopic (exact) mass is 447 g/mol. The Morgan fingerprint density at radius 3 is 1.76 bits per heavy atom. The Labute approximate surface area is 202 Å². The fourth-order valence-corrected chi connectivity index (χ4v) is 4.71. The molecule has 0 aromatic heterocycles. The molecular weight excluding hydrogens is 416 g/mol. The van der Waals surface area contributed by atoms with Gasteiger partial charge in [-0.25, -0.2) is 0 Å². The molecule has 34 heavy (non-hydrogen) atoms. The van der Waals surface area contributed by atoms with Crippen LogP contribution in [0.15, 0.2) is 108 Å². The zero-order valence-corrected chi connectivity index (χ0v) is 20.3. The summed E-state index contributed by atoms with van der Waals surface area (Å²) in [6.07, 6.45) is 0. The average Bonchev–Trinajstić information content (AvgIpc) is 2.89. The van der Waals surface area contributed by atoms with Crippen LogP contribution in [0.25, 0.3) is 0 Å². The molecule has 170 valence electrons. The molecule has 0 saturated carbocycles. The van der Waals surface area contributed by atoms with Crippen LogP contribution < -0.4 is 4.74 Å². The second kappa shape index (κ2) is 8.57. The van der Waals surface area contributed by atoms with Gasteiger partial charge in [-0.15, -0.1) is 0 Å². The first kappa shape index (κ1) is 22.1. The number of benzene rings is 4. The summed E-state index contributed by atoms with van der Waals surface area (Å²) in [7, 11) is 0. The molecule has 5 rings (SSSR count). The minimum absolute atomic E-state index is 0.192. The van der Waals surface area contributed by atoms with Crippen molar-refractivity contribution < 1.29 is 9.43 Å². The lowest BCUT2D eigenvalue weighted by molar-refractivity contribution is -0.544. The van der Waals surface area contributed by atoms with Gasteiger partial charge in [-0.1, -0.05) is 113 Å². The molecule has 0 spiro atoms. The van der Waals surface area contributed by atoms with Crippen molar-refractivity contribution in [2.45, 2.75) is 38.5 Å². The van der Waals surface area contributed by atoms with Gasteiger partial charge < -0.3 is 4.74 Å². The maximum absolute atomic E-state index is 6.44. The van der Waals surface area contributed by atoms with E-state index in [1.165, 1.54) is 16.7 Å². The van der Waals surface area contributed by atoms with E-state index in [9.17, 15) is 0 Å². The third kappa shape index (κ3) is 3.92. The maximum Gasteiger partial charge on any atom is 0.317 e. The minimum Gasteiger partial charge on any atom is -0.431 e. The van der Waals surface area contributed by atoms with E-state index in [0.29, 0.717) is 6.73 Å². The third-order valence-electron chi connectivity index (χ3n) is 7.07. The summed E-state index contributed by atoms with van der Waals surface area (Å²) in [4.78, 5) is 0. The van der Waals surface area contributed by atoms with Gasteiger partial charge in [0.05, 0.1) is 0 Å². The summed E-state index contributed by atoms with van der Waals surface area (Å²) in [5, 5.41) is 5.06. The van der Waals surface area contributed by atoms with E-state index < -0.39 is 0 Å². The molecule has 3 heteroatoms. The van der Waals surface area contributed by atoms with Crippen LogP contribution in [0.1, 0.15) is 49.9 Å². The van der Waals surface area contributed by atoms with Gasteiger partial charge in [0.2, 0.25) is 5.69 Å². The first-order valence-electron chi connectivity index (χ1n) is 11.8. The standard InChI is InChI=1S/C31H31N2O/c1-30(2,23-14-8-5-9-15-23)25-20-27(31(3,4)24-16-10-6-11-17-24)29-28(21-25)32-33(22-34-29)26-18-12-7-13-19-26/h5-21H,22H2,1-4H3/q+1. The zero-order chi connectivity index (χ0) is 23.8. The van der Waals surface area contributed by atoms with Crippen molar-refractivity contribution in [1.29, 1.82) is 0 Å². The highest BCUT2D eigenvalue weighted by atomic mass is 16.5. The Hall–Kier alpha value is -3.72. The lowest BCUT2D eigenvalue weighted by atomic mass is 9.72. The number of hydrogen-bond donors (Lipinski definition) is 0. The first-order valence-corrected chi connectivity index (χ1v) is 11.8. The lowest BCUT2D eigenvalue weighted by Gasteiger charge is -2.33. The van der Waals surface area contributed by atoms with Crippen LogP contribution >= 0.6 is 0 Å². The van der Waals surface area contributed by atoms with Gasteiger partial charge in [0.25, 0.3) is 0 Å². The molecular formula is C31H31N2O+. The van der Waals surface area contributed by atoms with Gasteiger partial charge in [-0.2, -0.15) is 0 Å². The highest BCUT2D eigenvalue weighted by Gasteiger charge is 2.35. The van der Waals surface area contributed by atoms with Crippen molar-refractivity contribution in [2.24, 2.45) is 5.11 Å². The molecule has 0 amide bonds. The van der Waals surface area contributed by atoms with Crippen molar-refractivity contribution >= 4 is 11.4 Å². The Kier molecular flexibility index (Phi) is 5.57. The number of nitrogens with zero attached hydrogens (tertiary/aromatic N) is 2. The van der Waals surface area contributed by atoms with Gasteiger partial charge in [-0.05, 0) is 27.5 Å². The second-order valence-electron chi connectivity index (χ2n) is 9.96. The summed E-state index contributed by atoms with van der Waals surface area (Å²) in [5.74, 6) is 0.869. The van der Waals surface area contributed by atoms with Gasteiger partial charge in [0, 0.05) is 33.6 Å². The van der Waals surface area contributed by atoms with E-state index in [1.54, 1.807) is 0 Å². The highest BCUT2D eigenvalue weighted by molar-refractivity contribution is 5.64. The molecule has 0 unspecified atom stereocenters. The molecule has 4 aromatic rings. The number of hydrogen-bond acceptors (Lipinski definition) is 2. The summed E-state index contributed by atoms with van der Waals surface area (Å²) < 4.78 is 8.37. The average molecular weight is 448 g/mol. The predicted molar refractivity (Wildman–Crippen MR) is 138 cm³/mol. The van der Waals surface area contributed by atoms with Gasteiger partial charge in [-0.3, -0.25) is 0 Å². The SMILES string of the molecule is CC(C)(c1ccccc1)c1cc2c(c(C(C)(C)c3ccccc3)c1)OC[N+](c1ccccc1)=N2. The van der Waals surface area contributed by atoms with Crippen LogP contribution in [0.5, 0.6) is 5.75 Å². The molecule has 0 N–H and O–H groups in total. The van der Waals surface area contributed by atoms with E-state index >= 15 is 0 Å². The third-order valence-corrected chi connectivity index (χ3v) is 7.07. The van der Waals surface area contributed by atoms with Crippen molar-refractivity contribution in [1.82, 2.24) is 0 Å². The molecule has 0 fully saturated rings. The minimum atomic E-state index is -0.251. The first-order chi connectivity index (χ1) is 16.4. The molecule has 4 aromatic carbocycles. The molecule has 1 aliphatic rings. The molecule has 0 saturated heterocycles. The summed E-state index contributed by atoms with van der Waals surface area (Å²) in [6.45, 7) is 9.48. The summed E-state index contributed by atoms with van der Waals surface area (Å²) in [6, 6.07) is 36.0. The van der Waals surface area contributed by atoms with E-state index in [0.717, 1.165) is 22.7 Å². The van der Waals surface area contributed by atoms with Gasteiger partial charge >= 0.3 is 6.73 Å². The second-order valence-corrected chi connectivity index (χ2v) is 9.96. The van der Waals surface area contributed by atoms with Crippen molar-refractivity contribution in [2.75, 3.05) is 6.73 Å². The van der Waals surface area contributed by atoms with Crippen molar-refractivity contribution in [3.8, 4) is 5.75 Å². The summed E-state index contributed by atoms with van der Waals surface area (Å²) >= 11 is 0. The van der Waals surface area contributed by atoms with E-state index in [4.69, 9.17) is 9.85 Å². The summed E-state index contributed by atoms with van der Waals surface area (Å²) in [5.41, 5.74) is 6.35. The number of para-hydroxylation sites is 1. The van der Waals surface area contributed by atoms with Crippen LogP contribution in [-0.2, 0) is 10.8 Å². The van der Waals surface area contributed by atoms with Gasteiger partial charge in [0.15, 0.2) is 11.4 Å². The Morgan fingerprint density at radius 1 is 0.647 bits per heavy atom. The largest absolute Gasteiger partial charge is 0.431 e. The molecule has 0 radical (unpaired) electrons. The number of azo groups is 2. The maximum atomic E-state index is 6.44. The highest BCUT2D eigenvalue weighted by Crippen LogP contribution is 2.47. The van der Waals surface area contributed by atoms with Crippen LogP contribution in [0.4, 0.5) is 11.4 Å². The molecule has 0 atom stereocenters. The molecule has 0 bridgehead atoms. The van der Waals surface area contributed by atoms with Crippen LogP contribution in [-0.4, -0.2) is 11.4 Å². The molecule has 0 aliphatic carbocycles. The quantitative estimate of drug-likeness (QED) is 0.284. The Morgan fingerprint density at radius 2 is 1.18 bits per heavy atom. The number of fused-ring (bicyclic) bond motifs is 1. The van der Waals surface area contributed by atoms with E-state index in [2.05, 4.69) is 113 Å². The molecule has 3 nitrogen and oxygen atoms in total. The van der Waals surface area contributed by atoms with Crippen LogP contribution in [0.3, 0.4) is 0 Å². The van der Waals surface area contributed by atoms with E-state index in [1.807, 2.05) is 22.9 Å². The Balaban J connectivity index is 1.73. The number of ether oxygens (including phenoxy) is 1. The number of rotatable bonds is 5. The lowest BCUT2D eigenvalue weighted by Crippen LogP contribution is -2.26. The fraction of sp³-hybridized carbons (Fsp3) is 0.226. The molecule has 1 aliphatic heterocycles.